The van der Waals surface area contributed by atoms with E-state index in [-0.39, 0.29) is 17.4 Å². The molecule has 2 heterocycles. The predicted octanol–water partition coefficient (Wildman–Crippen LogP) is -0.865. The van der Waals surface area contributed by atoms with Crippen LogP contribution in [0.3, 0.4) is 0 Å². The van der Waals surface area contributed by atoms with Crippen LogP contribution < -0.4 is 11.4 Å². The standard InChI is InChI=1S/C11H16ClN3O5/c1-11(18)7(16)6(4-19-2)20-9(11)15-3-5(12)8(13)14-10(15)17/h3,6-7,9,16,18H,4H2,1-2H3,(H2,13,14,17). The van der Waals surface area contributed by atoms with Crippen molar-refractivity contribution in [2.24, 2.45) is 0 Å². The van der Waals surface area contributed by atoms with Gasteiger partial charge in [-0.2, -0.15) is 4.98 Å². The molecule has 1 aromatic rings. The highest BCUT2D eigenvalue weighted by Gasteiger charge is 2.53. The van der Waals surface area contributed by atoms with Crippen LogP contribution in [0.5, 0.6) is 0 Å². The summed E-state index contributed by atoms with van der Waals surface area (Å²) in [6, 6.07) is 0. The zero-order chi connectivity index (χ0) is 15.1. The van der Waals surface area contributed by atoms with Crippen molar-refractivity contribution in [2.45, 2.75) is 31.0 Å². The van der Waals surface area contributed by atoms with Gasteiger partial charge in [-0.05, 0) is 6.92 Å². The molecule has 20 heavy (non-hydrogen) atoms. The molecule has 2 rings (SSSR count). The van der Waals surface area contributed by atoms with Crippen LogP contribution in [0.15, 0.2) is 11.0 Å². The molecule has 0 aliphatic carbocycles. The summed E-state index contributed by atoms with van der Waals surface area (Å²) in [6.07, 6.45) is -1.93. The first-order chi connectivity index (χ1) is 9.28. The van der Waals surface area contributed by atoms with Crippen molar-refractivity contribution in [3.05, 3.63) is 21.7 Å². The summed E-state index contributed by atoms with van der Waals surface area (Å²) >= 11 is 5.82. The molecule has 9 heteroatoms. The van der Waals surface area contributed by atoms with Gasteiger partial charge in [-0.3, -0.25) is 4.57 Å². The van der Waals surface area contributed by atoms with Crippen molar-refractivity contribution in [1.29, 1.82) is 0 Å². The van der Waals surface area contributed by atoms with Gasteiger partial charge in [-0.15, -0.1) is 0 Å². The minimum Gasteiger partial charge on any atom is -0.387 e. The summed E-state index contributed by atoms with van der Waals surface area (Å²) in [5.41, 5.74) is 2.99. The number of hydrogen-bond acceptors (Lipinski definition) is 7. The molecule has 0 radical (unpaired) electrons. The van der Waals surface area contributed by atoms with E-state index in [1.54, 1.807) is 0 Å². The second-order valence-corrected chi connectivity index (χ2v) is 5.22. The Hall–Kier alpha value is -1.19. The maximum absolute atomic E-state index is 11.8. The van der Waals surface area contributed by atoms with Crippen LogP contribution in [-0.4, -0.2) is 51.3 Å². The van der Waals surface area contributed by atoms with Gasteiger partial charge >= 0.3 is 5.69 Å². The molecular weight excluding hydrogens is 290 g/mol. The van der Waals surface area contributed by atoms with Gasteiger partial charge in [0.05, 0.1) is 11.6 Å². The lowest BCUT2D eigenvalue weighted by molar-refractivity contribution is -0.0992. The number of nitrogen functional groups attached to an aromatic ring is 1. The third kappa shape index (κ3) is 2.40. The second-order valence-electron chi connectivity index (χ2n) is 4.82. The van der Waals surface area contributed by atoms with Crippen LogP contribution in [0.2, 0.25) is 5.02 Å². The molecule has 112 valence electrons. The molecule has 1 aromatic heterocycles. The molecule has 0 amide bonds. The Morgan fingerprint density at radius 3 is 2.95 bits per heavy atom. The SMILES string of the molecule is COCC1OC(n2cc(Cl)c(N)nc2=O)C(C)(O)C1O. The largest absolute Gasteiger partial charge is 0.387 e. The smallest absolute Gasteiger partial charge is 0.351 e. The van der Waals surface area contributed by atoms with Crippen LogP contribution in [0.25, 0.3) is 0 Å². The second kappa shape index (κ2) is 5.30. The predicted molar refractivity (Wildman–Crippen MR) is 70.3 cm³/mol. The average Bonchev–Trinajstić information content (AvgIpc) is 2.58. The first kappa shape index (κ1) is 15.2. The third-order valence-corrected chi connectivity index (χ3v) is 3.56. The van der Waals surface area contributed by atoms with Crippen molar-refractivity contribution < 1.29 is 19.7 Å². The van der Waals surface area contributed by atoms with Crippen molar-refractivity contribution in [3.63, 3.8) is 0 Å². The van der Waals surface area contributed by atoms with E-state index in [0.29, 0.717) is 0 Å². The van der Waals surface area contributed by atoms with E-state index in [1.807, 2.05) is 0 Å². The van der Waals surface area contributed by atoms with Crippen LogP contribution in [-0.2, 0) is 9.47 Å². The summed E-state index contributed by atoms with van der Waals surface area (Å²) in [5.74, 6) is -0.112. The number of methoxy groups -OCH3 is 1. The third-order valence-electron chi connectivity index (χ3n) is 3.27. The number of nitrogens with zero attached hydrogens (tertiary/aromatic N) is 2. The number of ether oxygens (including phenoxy) is 2. The Kier molecular flexibility index (Phi) is 4.03. The van der Waals surface area contributed by atoms with E-state index in [4.69, 9.17) is 26.8 Å². The normalized spacial score (nSPS) is 33.5. The Morgan fingerprint density at radius 1 is 1.70 bits per heavy atom. The van der Waals surface area contributed by atoms with Crippen LogP contribution in [0.4, 0.5) is 5.82 Å². The summed E-state index contributed by atoms with van der Waals surface area (Å²) in [6.45, 7) is 1.42. The first-order valence-electron chi connectivity index (χ1n) is 5.88. The van der Waals surface area contributed by atoms with E-state index < -0.39 is 29.7 Å². The average molecular weight is 306 g/mol. The maximum atomic E-state index is 11.8. The molecule has 1 aliphatic rings. The topological polar surface area (TPSA) is 120 Å². The highest BCUT2D eigenvalue weighted by atomic mass is 35.5. The lowest BCUT2D eigenvalue weighted by atomic mass is 9.96. The minimum absolute atomic E-state index is 0.0497. The first-order valence-corrected chi connectivity index (χ1v) is 6.25. The molecule has 1 saturated heterocycles. The van der Waals surface area contributed by atoms with Gasteiger partial charge in [-0.1, -0.05) is 11.6 Å². The van der Waals surface area contributed by atoms with Gasteiger partial charge in [0.25, 0.3) is 0 Å². The lowest BCUT2D eigenvalue weighted by Gasteiger charge is -2.27. The van der Waals surface area contributed by atoms with E-state index >= 15 is 0 Å². The summed E-state index contributed by atoms with van der Waals surface area (Å²) in [5, 5.41) is 20.5. The Labute approximate surface area is 119 Å². The zero-order valence-electron chi connectivity index (χ0n) is 11.0. The molecule has 8 nitrogen and oxygen atoms in total. The van der Waals surface area contributed by atoms with Crippen LogP contribution >= 0.6 is 11.6 Å². The van der Waals surface area contributed by atoms with Gasteiger partial charge in [0.1, 0.15) is 23.6 Å². The number of halogens is 1. The van der Waals surface area contributed by atoms with Crippen LogP contribution in [0, 0.1) is 0 Å². The Morgan fingerprint density at radius 2 is 2.35 bits per heavy atom. The number of hydrogen-bond donors (Lipinski definition) is 3. The Balaban J connectivity index is 2.42. The van der Waals surface area contributed by atoms with Crippen LogP contribution in [0.1, 0.15) is 13.2 Å². The fourth-order valence-electron chi connectivity index (χ4n) is 2.17. The number of nitrogens with two attached hydrogens (primary N) is 1. The fraction of sp³-hybridized carbons (Fsp3) is 0.636. The molecule has 1 aliphatic heterocycles. The molecule has 0 aromatic carbocycles. The highest BCUT2D eigenvalue weighted by molar-refractivity contribution is 6.32. The Bertz CT molecular complexity index is 561. The van der Waals surface area contributed by atoms with Crippen molar-refractivity contribution in [2.75, 3.05) is 19.5 Å². The van der Waals surface area contributed by atoms with Crippen molar-refractivity contribution >= 4 is 17.4 Å². The summed E-state index contributed by atoms with van der Waals surface area (Å²) in [7, 11) is 1.44. The molecule has 0 saturated carbocycles. The number of aliphatic hydroxyl groups is 2. The summed E-state index contributed by atoms with van der Waals surface area (Å²) < 4.78 is 11.4. The van der Waals surface area contributed by atoms with E-state index in [9.17, 15) is 15.0 Å². The highest BCUT2D eigenvalue weighted by Crippen LogP contribution is 2.37. The molecule has 0 bridgehead atoms. The van der Waals surface area contributed by atoms with Gasteiger partial charge in [0, 0.05) is 13.3 Å². The molecule has 4 N–H and O–H groups in total. The summed E-state index contributed by atoms with van der Waals surface area (Å²) in [4.78, 5) is 15.4. The quantitative estimate of drug-likeness (QED) is 0.664. The molecule has 1 fully saturated rings. The van der Waals surface area contributed by atoms with E-state index in [1.165, 1.54) is 20.2 Å². The lowest BCUT2D eigenvalue weighted by Crippen LogP contribution is -2.46. The zero-order valence-corrected chi connectivity index (χ0v) is 11.7. The van der Waals surface area contributed by atoms with Crippen molar-refractivity contribution in [1.82, 2.24) is 9.55 Å². The number of aromatic nitrogens is 2. The van der Waals surface area contributed by atoms with E-state index in [0.717, 1.165) is 4.57 Å². The van der Waals surface area contributed by atoms with Gasteiger partial charge in [0.2, 0.25) is 0 Å². The molecular formula is C11H16ClN3O5. The molecule has 4 unspecified atom stereocenters. The maximum Gasteiger partial charge on any atom is 0.351 e. The monoisotopic (exact) mass is 305 g/mol. The number of anilines is 1. The number of rotatable bonds is 3. The fourth-order valence-corrected chi connectivity index (χ4v) is 2.32. The van der Waals surface area contributed by atoms with Gasteiger partial charge in [-0.25, -0.2) is 4.79 Å². The van der Waals surface area contributed by atoms with Gasteiger partial charge in [0.15, 0.2) is 6.23 Å². The minimum atomic E-state index is -1.70. The van der Waals surface area contributed by atoms with Crippen molar-refractivity contribution in [3.8, 4) is 0 Å². The molecule has 4 atom stereocenters. The number of aliphatic hydroxyl groups excluding tert-OH is 1. The van der Waals surface area contributed by atoms with Gasteiger partial charge < -0.3 is 25.4 Å². The van der Waals surface area contributed by atoms with E-state index in [2.05, 4.69) is 4.98 Å². The molecule has 0 spiro atoms.